The summed E-state index contributed by atoms with van der Waals surface area (Å²) in [5, 5.41) is 19.7. The zero-order valence-corrected chi connectivity index (χ0v) is 20.4. The molecule has 0 saturated carbocycles. The summed E-state index contributed by atoms with van der Waals surface area (Å²) in [5.74, 6) is 0.784. The Morgan fingerprint density at radius 1 is 0.611 bits per heavy atom. The Kier molecular flexibility index (Phi) is 7.91. The third-order valence-corrected chi connectivity index (χ3v) is 6.51. The van der Waals surface area contributed by atoms with Gasteiger partial charge in [0.25, 0.3) is 0 Å². The van der Waals surface area contributed by atoms with Gasteiger partial charge in [0.15, 0.2) is 0 Å². The second kappa shape index (κ2) is 11.5. The highest BCUT2D eigenvalue weighted by molar-refractivity contribution is 5.92. The fourth-order valence-electron chi connectivity index (χ4n) is 4.60. The number of phenols is 2. The summed E-state index contributed by atoms with van der Waals surface area (Å²) in [6, 6.07) is 29.0. The standard InChI is InChI=1S/C31H30O5/c1-35-29-9-5-3-7-23(29)19-27(21-11-15-25(32)16-12-21)31(34)28(22-13-17-26(33)18-14-22)20-24-8-4-6-10-30(24)36-2/h3-18,27-28,32-33H,19-20H2,1-2H3. The molecule has 0 radical (unpaired) electrons. The van der Waals surface area contributed by atoms with Crippen LogP contribution in [0.5, 0.6) is 23.0 Å². The van der Waals surface area contributed by atoms with Crippen LogP contribution in [0.2, 0.25) is 0 Å². The first-order valence-corrected chi connectivity index (χ1v) is 11.9. The first kappa shape index (κ1) is 24.9. The van der Waals surface area contributed by atoms with E-state index in [2.05, 4.69) is 0 Å². The molecule has 0 heterocycles. The molecular formula is C31H30O5. The summed E-state index contributed by atoms with van der Waals surface area (Å²) in [4.78, 5) is 14.4. The zero-order chi connectivity index (χ0) is 25.5. The van der Waals surface area contributed by atoms with Crippen molar-refractivity contribution in [3.8, 4) is 23.0 Å². The van der Waals surface area contributed by atoms with E-state index < -0.39 is 11.8 Å². The van der Waals surface area contributed by atoms with Gasteiger partial charge in [-0.3, -0.25) is 4.79 Å². The number of Topliss-reactive ketones (excluding diaryl/α,β-unsaturated/α-hetero) is 1. The monoisotopic (exact) mass is 482 g/mol. The van der Waals surface area contributed by atoms with E-state index in [1.165, 1.54) is 0 Å². The van der Waals surface area contributed by atoms with Crippen LogP contribution in [0.3, 0.4) is 0 Å². The molecule has 2 atom stereocenters. The van der Waals surface area contributed by atoms with Crippen LogP contribution in [0.25, 0.3) is 0 Å². The minimum absolute atomic E-state index is 0.0307. The first-order chi connectivity index (χ1) is 17.5. The van der Waals surface area contributed by atoms with Crippen LogP contribution >= 0.6 is 0 Å². The zero-order valence-electron chi connectivity index (χ0n) is 20.4. The first-order valence-electron chi connectivity index (χ1n) is 11.9. The van der Waals surface area contributed by atoms with Crippen molar-refractivity contribution in [1.82, 2.24) is 0 Å². The van der Waals surface area contributed by atoms with Gasteiger partial charge in [0.05, 0.1) is 14.2 Å². The number of rotatable bonds is 10. The lowest BCUT2D eigenvalue weighted by Gasteiger charge is -2.25. The molecule has 0 bridgehead atoms. The van der Waals surface area contributed by atoms with E-state index in [4.69, 9.17) is 9.47 Å². The molecular weight excluding hydrogens is 452 g/mol. The topological polar surface area (TPSA) is 76.0 Å². The molecule has 2 unspecified atom stereocenters. The fraction of sp³-hybridized carbons (Fsp3) is 0.194. The molecule has 0 spiro atoms. The van der Waals surface area contributed by atoms with Crippen LogP contribution in [0.15, 0.2) is 97.1 Å². The van der Waals surface area contributed by atoms with Crippen LogP contribution in [-0.4, -0.2) is 30.2 Å². The smallest absolute Gasteiger partial charge is 0.148 e. The van der Waals surface area contributed by atoms with Crippen molar-refractivity contribution in [1.29, 1.82) is 0 Å². The van der Waals surface area contributed by atoms with Crippen molar-refractivity contribution >= 4 is 5.78 Å². The van der Waals surface area contributed by atoms with Crippen LogP contribution in [-0.2, 0) is 17.6 Å². The second-order valence-electron chi connectivity index (χ2n) is 8.72. The minimum Gasteiger partial charge on any atom is -0.508 e. The molecule has 0 fully saturated rings. The summed E-state index contributed by atoms with van der Waals surface area (Å²) in [5.41, 5.74) is 3.47. The summed E-state index contributed by atoms with van der Waals surface area (Å²) in [7, 11) is 3.24. The van der Waals surface area contributed by atoms with Crippen molar-refractivity contribution < 1.29 is 24.5 Å². The van der Waals surface area contributed by atoms with Gasteiger partial charge in [-0.05, 0) is 71.5 Å². The van der Waals surface area contributed by atoms with Crippen molar-refractivity contribution in [2.24, 2.45) is 0 Å². The quantitative estimate of drug-likeness (QED) is 0.288. The highest BCUT2D eigenvalue weighted by Crippen LogP contribution is 2.36. The van der Waals surface area contributed by atoms with Gasteiger partial charge in [-0.15, -0.1) is 0 Å². The molecule has 0 saturated heterocycles. The van der Waals surface area contributed by atoms with Crippen LogP contribution in [0.4, 0.5) is 0 Å². The Bertz CT molecular complexity index is 1190. The van der Waals surface area contributed by atoms with Gasteiger partial charge in [-0.1, -0.05) is 60.7 Å². The van der Waals surface area contributed by atoms with E-state index in [0.29, 0.717) is 12.8 Å². The summed E-state index contributed by atoms with van der Waals surface area (Å²) in [6.45, 7) is 0. The Balaban J connectivity index is 1.79. The van der Waals surface area contributed by atoms with E-state index in [-0.39, 0.29) is 17.3 Å². The maximum Gasteiger partial charge on any atom is 0.148 e. The van der Waals surface area contributed by atoms with E-state index in [0.717, 1.165) is 33.8 Å². The Morgan fingerprint density at radius 3 is 1.33 bits per heavy atom. The molecule has 2 N–H and O–H groups in total. The molecule has 4 aromatic carbocycles. The van der Waals surface area contributed by atoms with Crippen LogP contribution in [0.1, 0.15) is 34.1 Å². The predicted octanol–water partition coefficient (Wildman–Crippen LogP) is 6.04. The molecule has 4 aromatic rings. The molecule has 0 aliphatic carbocycles. The Hall–Kier alpha value is -4.25. The summed E-state index contributed by atoms with van der Waals surface area (Å²) < 4.78 is 11.1. The second-order valence-corrected chi connectivity index (χ2v) is 8.72. The van der Waals surface area contributed by atoms with Crippen molar-refractivity contribution in [2.75, 3.05) is 14.2 Å². The normalized spacial score (nSPS) is 12.5. The number of ketones is 1. The lowest BCUT2D eigenvalue weighted by atomic mass is 9.78. The number of carbonyl (C=O) groups excluding carboxylic acids is 1. The van der Waals surface area contributed by atoms with Gasteiger partial charge >= 0.3 is 0 Å². The highest BCUT2D eigenvalue weighted by Gasteiger charge is 2.31. The third kappa shape index (κ3) is 5.69. The maximum absolute atomic E-state index is 14.4. The third-order valence-electron chi connectivity index (χ3n) is 6.51. The number of carbonyl (C=O) groups is 1. The lowest BCUT2D eigenvalue weighted by molar-refractivity contribution is -0.122. The van der Waals surface area contributed by atoms with Crippen molar-refractivity contribution in [3.05, 3.63) is 119 Å². The van der Waals surface area contributed by atoms with E-state index >= 15 is 0 Å². The number of aromatic hydroxyl groups is 2. The van der Waals surface area contributed by atoms with Crippen molar-refractivity contribution in [2.45, 2.75) is 24.7 Å². The van der Waals surface area contributed by atoms with E-state index in [9.17, 15) is 15.0 Å². The maximum atomic E-state index is 14.4. The molecule has 0 aliphatic heterocycles. The average Bonchev–Trinajstić information content (AvgIpc) is 2.91. The van der Waals surface area contributed by atoms with Crippen LogP contribution < -0.4 is 9.47 Å². The Labute approximate surface area is 211 Å². The molecule has 0 aromatic heterocycles. The molecule has 0 amide bonds. The van der Waals surface area contributed by atoms with Gasteiger partial charge in [-0.25, -0.2) is 0 Å². The largest absolute Gasteiger partial charge is 0.508 e. The number of hydrogen-bond donors (Lipinski definition) is 2. The fourth-order valence-corrected chi connectivity index (χ4v) is 4.60. The lowest BCUT2D eigenvalue weighted by Crippen LogP contribution is -2.24. The minimum atomic E-state index is -0.490. The van der Waals surface area contributed by atoms with E-state index in [1.54, 1.807) is 62.8 Å². The molecule has 5 heteroatoms. The van der Waals surface area contributed by atoms with Gasteiger partial charge in [0.1, 0.15) is 28.8 Å². The summed E-state index contributed by atoms with van der Waals surface area (Å²) >= 11 is 0. The molecule has 5 nitrogen and oxygen atoms in total. The summed E-state index contributed by atoms with van der Waals surface area (Å²) in [6.07, 6.45) is 0.877. The number of para-hydroxylation sites is 2. The van der Waals surface area contributed by atoms with Gasteiger partial charge < -0.3 is 19.7 Å². The number of ether oxygens (including phenoxy) is 2. The number of benzene rings is 4. The molecule has 4 rings (SSSR count). The van der Waals surface area contributed by atoms with Gasteiger partial charge in [-0.2, -0.15) is 0 Å². The average molecular weight is 483 g/mol. The number of hydrogen-bond acceptors (Lipinski definition) is 5. The highest BCUT2D eigenvalue weighted by atomic mass is 16.5. The van der Waals surface area contributed by atoms with Crippen LogP contribution in [0, 0.1) is 0 Å². The molecule has 0 aliphatic rings. The SMILES string of the molecule is COc1ccccc1CC(C(=O)C(Cc1ccccc1OC)c1ccc(O)cc1)c1ccc(O)cc1. The Morgan fingerprint density at radius 2 is 0.972 bits per heavy atom. The number of methoxy groups -OCH3 is 2. The predicted molar refractivity (Wildman–Crippen MR) is 140 cm³/mol. The molecule has 184 valence electrons. The van der Waals surface area contributed by atoms with Gasteiger partial charge in [0.2, 0.25) is 0 Å². The molecule has 36 heavy (non-hydrogen) atoms. The van der Waals surface area contributed by atoms with Gasteiger partial charge in [0, 0.05) is 11.8 Å². The van der Waals surface area contributed by atoms with E-state index in [1.807, 2.05) is 48.5 Å². The number of phenolic OH excluding ortho intramolecular Hbond substituents is 2. The van der Waals surface area contributed by atoms with Crippen molar-refractivity contribution in [3.63, 3.8) is 0 Å².